The van der Waals surface area contributed by atoms with Gasteiger partial charge in [0.25, 0.3) is 5.91 Å². The van der Waals surface area contributed by atoms with Crippen LogP contribution >= 0.6 is 11.6 Å². The third kappa shape index (κ3) is 3.01. The fourth-order valence-corrected chi connectivity index (χ4v) is 2.58. The van der Waals surface area contributed by atoms with Crippen LogP contribution in [-0.2, 0) is 12.8 Å². The molecule has 0 fully saturated rings. The first-order valence-electron chi connectivity index (χ1n) is 6.19. The maximum atomic E-state index is 12.0. The van der Waals surface area contributed by atoms with E-state index in [-0.39, 0.29) is 11.9 Å². The number of amides is 1. The third-order valence-electron chi connectivity index (χ3n) is 3.28. The van der Waals surface area contributed by atoms with Crippen LogP contribution in [0.25, 0.3) is 0 Å². The van der Waals surface area contributed by atoms with Gasteiger partial charge in [-0.1, -0.05) is 6.07 Å². The van der Waals surface area contributed by atoms with Crippen molar-refractivity contribution in [1.82, 2.24) is 5.32 Å². The predicted molar refractivity (Wildman–Crippen MR) is 70.7 cm³/mol. The molecule has 92 valence electrons. The van der Waals surface area contributed by atoms with E-state index in [1.807, 2.05) is 19.1 Å². The summed E-state index contributed by atoms with van der Waals surface area (Å²) in [6.07, 6.45) is 4.27. The fraction of sp³-hybridized carbons (Fsp3) is 0.500. The van der Waals surface area contributed by atoms with Crippen molar-refractivity contribution in [2.75, 3.05) is 5.88 Å². The number of alkyl halides is 1. The Morgan fingerprint density at radius 3 is 2.94 bits per heavy atom. The lowest BCUT2D eigenvalue weighted by molar-refractivity contribution is 0.0939. The molecule has 0 aromatic heterocycles. The van der Waals surface area contributed by atoms with Crippen molar-refractivity contribution in [3.05, 3.63) is 34.9 Å². The monoisotopic (exact) mass is 251 g/mol. The summed E-state index contributed by atoms with van der Waals surface area (Å²) in [5.41, 5.74) is 3.50. The summed E-state index contributed by atoms with van der Waals surface area (Å²) in [7, 11) is 0. The maximum Gasteiger partial charge on any atom is 0.251 e. The molecule has 0 bridgehead atoms. The molecule has 1 N–H and O–H groups in total. The zero-order valence-electron chi connectivity index (χ0n) is 10.1. The van der Waals surface area contributed by atoms with Crippen molar-refractivity contribution >= 4 is 17.5 Å². The first-order chi connectivity index (χ1) is 8.20. The van der Waals surface area contributed by atoms with Gasteiger partial charge in [-0.3, -0.25) is 4.79 Å². The largest absolute Gasteiger partial charge is 0.350 e. The summed E-state index contributed by atoms with van der Waals surface area (Å²) in [5.74, 6) is 0.586. The number of nitrogens with one attached hydrogen (secondary N) is 1. The fourth-order valence-electron chi connectivity index (χ4n) is 2.26. The second-order valence-electron chi connectivity index (χ2n) is 4.69. The molecule has 1 aromatic carbocycles. The zero-order chi connectivity index (χ0) is 12.3. The van der Waals surface area contributed by atoms with Crippen LogP contribution in [0, 0.1) is 0 Å². The molecule has 1 aromatic rings. The molecule has 1 aliphatic rings. The Balaban J connectivity index is 2.04. The molecule has 2 rings (SSSR count). The number of hydrogen-bond donors (Lipinski definition) is 1. The van der Waals surface area contributed by atoms with E-state index in [0.29, 0.717) is 5.88 Å². The Bertz CT molecular complexity index is 417. The van der Waals surface area contributed by atoms with Crippen LogP contribution in [-0.4, -0.2) is 17.8 Å². The molecular formula is C14H18ClNO. The number of halogens is 1. The van der Waals surface area contributed by atoms with Crippen LogP contribution in [0.3, 0.4) is 0 Å². The van der Waals surface area contributed by atoms with E-state index in [9.17, 15) is 4.79 Å². The van der Waals surface area contributed by atoms with Crippen molar-refractivity contribution in [2.45, 2.75) is 38.6 Å². The molecule has 0 aliphatic heterocycles. The summed E-state index contributed by atoms with van der Waals surface area (Å²) < 4.78 is 0. The van der Waals surface area contributed by atoms with Gasteiger partial charge in [0.15, 0.2) is 0 Å². The van der Waals surface area contributed by atoms with E-state index in [0.717, 1.165) is 24.8 Å². The van der Waals surface area contributed by atoms with Gasteiger partial charge < -0.3 is 5.32 Å². The molecule has 0 saturated carbocycles. The van der Waals surface area contributed by atoms with Gasteiger partial charge in [0.05, 0.1) is 0 Å². The van der Waals surface area contributed by atoms with Crippen molar-refractivity contribution in [2.24, 2.45) is 0 Å². The smallest absolute Gasteiger partial charge is 0.251 e. The van der Waals surface area contributed by atoms with Crippen LogP contribution < -0.4 is 5.32 Å². The van der Waals surface area contributed by atoms with Crippen molar-refractivity contribution in [3.63, 3.8) is 0 Å². The summed E-state index contributed by atoms with van der Waals surface area (Å²) >= 11 is 5.65. The molecule has 0 saturated heterocycles. The van der Waals surface area contributed by atoms with Crippen LogP contribution in [0.4, 0.5) is 0 Å². The normalized spacial score (nSPS) is 15.4. The van der Waals surface area contributed by atoms with Gasteiger partial charge in [0.2, 0.25) is 0 Å². The standard InChI is InChI=1S/C14H18ClNO/c1-10(7-8-15)16-14(17)13-6-5-11-3-2-4-12(11)9-13/h5-6,9-10H,2-4,7-8H2,1H3,(H,16,17). The topological polar surface area (TPSA) is 29.1 Å². The second kappa shape index (κ2) is 5.54. The number of benzene rings is 1. The van der Waals surface area contributed by atoms with E-state index in [1.165, 1.54) is 17.5 Å². The summed E-state index contributed by atoms with van der Waals surface area (Å²) in [6, 6.07) is 6.18. The number of carbonyl (C=O) groups excluding carboxylic acids is 1. The Labute approximate surface area is 107 Å². The van der Waals surface area contributed by atoms with Gasteiger partial charge in [-0.2, -0.15) is 0 Å². The lowest BCUT2D eigenvalue weighted by Gasteiger charge is -2.12. The molecule has 1 amide bonds. The highest BCUT2D eigenvalue weighted by Crippen LogP contribution is 2.22. The highest BCUT2D eigenvalue weighted by molar-refractivity contribution is 6.17. The number of aryl methyl sites for hydroxylation is 2. The van der Waals surface area contributed by atoms with E-state index >= 15 is 0 Å². The maximum absolute atomic E-state index is 12.0. The molecule has 17 heavy (non-hydrogen) atoms. The molecular weight excluding hydrogens is 234 g/mol. The Hall–Kier alpha value is -1.02. The summed E-state index contributed by atoms with van der Waals surface area (Å²) in [6.45, 7) is 1.98. The zero-order valence-corrected chi connectivity index (χ0v) is 10.9. The van der Waals surface area contributed by atoms with E-state index in [4.69, 9.17) is 11.6 Å². The lowest BCUT2D eigenvalue weighted by Crippen LogP contribution is -2.32. The van der Waals surface area contributed by atoms with Crippen LogP contribution in [0.5, 0.6) is 0 Å². The average molecular weight is 252 g/mol. The molecule has 0 radical (unpaired) electrons. The molecule has 1 unspecified atom stereocenters. The summed E-state index contributed by atoms with van der Waals surface area (Å²) in [5, 5.41) is 2.96. The molecule has 2 nitrogen and oxygen atoms in total. The Kier molecular flexibility index (Phi) is 4.06. The molecule has 1 aliphatic carbocycles. The van der Waals surface area contributed by atoms with E-state index in [2.05, 4.69) is 11.4 Å². The first-order valence-corrected chi connectivity index (χ1v) is 6.73. The number of hydrogen-bond acceptors (Lipinski definition) is 1. The van der Waals surface area contributed by atoms with Crippen molar-refractivity contribution in [3.8, 4) is 0 Å². The van der Waals surface area contributed by atoms with Gasteiger partial charge in [0.1, 0.15) is 0 Å². The Morgan fingerprint density at radius 2 is 2.18 bits per heavy atom. The van der Waals surface area contributed by atoms with Crippen molar-refractivity contribution < 1.29 is 4.79 Å². The molecule has 0 spiro atoms. The highest BCUT2D eigenvalue weighted by atomic mass is 35.5. The number of carbonyl (C=O) groups is 1. The van der Waals surface area contributed by atoms with E-state index < -0.39 is 0 Å². The van der Waals surface area contributed by atoms with Crippen LogP contribution in [0.1, 0.15) is 41.3 Å². The molecule has 0 heterocycles. The summed E-state index contributed by atoms with van der Waals surface area (Å²) in [4.78, 5) is 12.0. The second-order valence-corrected chi connectivity index (χ2v) is 5.07. The van der Waals surface area contributed by atoms with Gasteiger partial charge in [-0.05, 0) is 55.9 Å². The predicted octanol–water partition coefficient (Wildman–Crippen LogP) is 2.92. The average Bonchev–Trinajstić information content (AvgIpc) is 2.75. The number of fused-ring (bicyclic) bond motifs is 1. The SMILES string of the molecule is CC(CCCl)NC(=O)c1ccc2c(c1)CCC2. The highest BCUT2D eigenvalue weighted by Gasteiger charge is 2.14. The van der Waals surface area contributed by atoms with E-state index in [1.54, 1.807) is 0 Å². The van der Waals surface area contributed by atoms with Crippen LogP contribution in [0.15, 0.2) is 18.2 Å². The van der Waals surface area contributed by atoms with Gasteiger partial charge in [-0.15, -0.1) is 11.6 Å². The first kappa shape index (κ1) is 12.4. The van der Waals surface area contributed by atoms with Crippen molar-refractivity contribution in [1.29, 1.82) is 0 Å². The molecule has 3 heteroatoms. The quantitative estimate of drug-likeness (QED) is 0.820. The number of rotatable bonds is 4. The van der Waals surface area contributed by atoms with Gasteiger partial charge in [-0.25, -0.2) is 0 Å². The Morgan fingerprint density at radius 1 is 1.41 bits per heavy atom. The van der Waals surface area contributed by atoms with Gasteiger partial charge >= 0.3 is 0 Å². The lowest BCUT2D eigenvalue weighted by atomic mass is 10.1. The minimum Gasteiger partial charge on any atom is -0.350 e. The molecule has 1 atom stereocenters. The minimum atomic E-state index is 0.0114. The van der Waals surface area contributed by atoms with Gasteiger partial charge in [0, 0.05) is 17.5 Å². The third-order valence-corrected chi connectivity index (χ3v) is 3.50. The van der Waals surface area contributed by atoms with Crippen LogP contribution in [0.2, 0.25) is 0 Å². The minimum absolute atomic E-state index is 0.0114.